The van der Waals surface area contributed by atoms with Crippen LogP contribution in [-0.4, -0.2) is 19.0 Å². The van der Waals surface area contributed by atoms with E-state index in [1.54, 1.807) is 12.1 Å². The van der Waals surface area contributed by atoms with Crippen molar-refractivity contribution >= 4 is 11.6 Å². The quantitative estimate of drug-likeness (QED) is 0.653. The lowest BCUT2D eigenvalue weighted by molar-refractivity contribution is 0.443. The lowest BCUT2D eigenvalue weighted by Gasteiger charge is -2.22. The van der Waals surface area contributed by atoms with Gasteiger partial charge in [-0.1, -0.05) is 19.3 Å². The summed E-state index contributed by atoms with van der Waals surface area (Å²) in [5.41, 5.74) is 7.67. The van der Waals surface area contributed by atoms with E-state index in [9.17, 15) is 0 Å². The van der Waals surface area contributed by atoms with Crippen molar-refractivity contribution in [3.05, 3.63) is 29.8 Å². The predicted octanol–water partition coefficient (Wildman–Crippen LogP) is 2.64. The summed E-state index contributed by atoms with van der Waals surface area (Å²) in [7, 11) is 1.91. The molecule has 0 aliphatic heterocycles. The van der Waals surface area contributed by atoms with E-state index in [4.69, 9.17) is 11.0 Å². The van der Waals surface area contributed by atoms with Gasteiger partial charge in [0.05, 0.1) is 17.7 Å². The standard InChI is InChI=1S/C15H20N4/c1-19(14-9-7-12(11-16)8-10-14)15(17)18-13-5-3-2-4-6-13/h7-10,13H,2-6H2,1H3,(H2,17,18). The molecule has 1 aromatic rings. The van der Waals surface area contributed by atoms with E-state index in [1.807, 2.05) is 24.1 Å². The highest BCUT2D eigenvalue weighted by Crippen LogP contribution is 2.21. The summed E-state index contributed by atoms with van der Waals surface area (Å²) in [6.45, 7) is 0. The van der Waals surface area contributed by atoms with Gasteiger partial charge in [-0.15, -0.1) is 0 Å². The van der Waals surface area contributed by atoms with Gasteiger partial charge in [-0.2, -0.15) is 5.26 Å². The maximum atomic E-state index is 8.78. The Balaban J connectivity index is 2.06. The molecular weight excluding hydrogens is 236 g/mol. The number of rotatable bonds is 2. The van der Waals surface area contributed by atoms with Gasteiger partial charge in [0.2, 0.25) is 0 Å². The molecule has 1 aromatic carbocycles. The van der Waals surface area contributed by atoms with Crippen molar-refractivity contribution in [2.45, 2.75) is 38.1 Å². The van der Waals surface area contributed by atoms with Gasteiger partial charge in [0.25, 0.3) is 0 Å². The molecule has 0 amide bonds. The SMILES string of the molecule is CN(C(N)=NC1CCCCC1)c1ccc(C#N)cc1. The van der Waals surface area contributed by atoms with Gasteiger partial charge >= 0.3 is 0 Å². The molecule has 0 bridgehead atoms. The first-order chi connectivity index (χ1) is 9.20. The average molecular weight is 256 g/mol. The van der Waals surface area contributed by atoms with E-state index in [0.717, 1.165) is 18.5 Å². The summed E-state index contributed by atoms with van der Waals surface area (Å²) < 4.78 is 0. The molecule has 4 nitrogen and oxygen atoms in total. The lowest BCUT2D eigenvalue weighted by atomic mass is 9.96. The van der Waals surface area contributed by atoms with Crippen LogP contribution in [0.15, 0.2) is 29.3 Å². The number of anilines is 1. The molecule has 1 saturated carbocycles. The number of nitrogens with zero attached hydrogens (tertiary/aromatic N) is 3. The first-order valence-corrected chi connectivity index (χ1v) is 6.78. The molecule has 2 N–H and O–H groups in total. The molecule has 0 unspecified atom stereocenters. The highest BCUT2D eigenvalue weighted by atomic mass is 15.2. The van der Waals surface area contributed by atoms with Crippen molar-refractivity contribution in [3.63, 3.8) is 0 Å². The molecule has 19 heavy (non-hydrogen) atoms. The average Bonchev–Trinajstić information content (AvgIpc) is 2.47. The van der Waals surface area contributed by atoms with E-state index < -0.39 is 0 Å². The maximum Gasteiger partial charge on any atom is 0.195 e. The summed E-state index contributed by atoms with van der Waals surface area (Å²) >= 11 is 0. The van der Waals surface area contributed by atoms with Crippen molar-refractivity contribution in [1.82, 2.24) is 0 Å². The number of nitriles is 1. The summed E-state index contributed by atoms with van der Waals surface area (Å²) in [6, 6.07) is 9.84. The van der Waals surface area contributed by atoms with Crippen molar-refractivity contribution in [2.75, 3.05) is 11.9 Å². The third-order valence-corrected chi connectivity index (χ3v) is 3.62. The van der Waals surface area contributed by atoms with Gasteiger partial charge in [-0.3, -0.25) is 0 Å². The fraction of sp³-hybridized carbons (Fsp3) is 0.467. The Hall–Kier alpha value is -2.02. The molecule has 0 radical (unpaired) electrons. The van der Waals surface area contributed by atoms with Crippen molar-refractivity contribution in [2.24, 2.45) is 10.7 Å². The normalized spacial score (nSPS) is 16.9. The van der Waals surface area contributed by atoms with Gasteiger partial charge in [0.15, 0.2) is 5.96 Å². The molecule has 0 spiro atoms. The van der Waals surface area contributed by atoms with E-state index in [0.29, 0.717) is 17.6 Å². The zero-order valence-corrected chi connectivity index (χ0v) is 11.3. The van der Waals surface area contributed by atoms with Gasteiger partial charge in [-0.05, 0) is 37.1 Å². The maximum absolute atomic E-state index is 8.78. The van der Waals surface area contributed by atoms with Crippen molar-refractivity contribution < 1.29 is 0 Å². The van der Waals surface area contributed by atoms with Crippen LogP contribution in [-0.2, 0) is 0 Å². The Kier molecular flexibility index (Phi) is 4.40. The monoisotopic (exact) mass is 256 g/mol. The fourth-order valence-electron chi connectivity index (χ4n) is 2.38. The van der Waals surface area contributed by atoms with Crippen LogP contribution in [0, 0.1) is 11.3 Å². The number of nitrogens with two attached hydrogens (primary N) is 1. The number of guanidine groups is 1. The van der Waals surface area contributed by atoms with Crippen molar-refractivity contribution in [3.8, 4) is 6.07 Å². The molecule has 0 saturated heterocycles. The second kappa shape index (κ2) is 6.24. The Morgan fingerprint density at radius 3 is 2.47 bits per heavy atom. The minimum absolute atomic E-state index is 0.370. The molecule has 100 valence electrons. The highest BCUT2D eigenvalue weighted by molar-refractivity contribution is 5.94. The Bertz CT molecular complexity index is 478. The molecular formula is C15H20N4. The van der Waals surface area contributed by atoms with Gasteiger partial charge in [-0.25, -0.2) is 4.99 Å². The second-order valence-corrected chi connectivity index (χ2v) is 5.00. The molecule has 2 rings (SSSR count). The molecule has 1 aliphatic carbocycles. The van der Waals surface area contributed by atoms with Gasteiger partial charge in [0, 0.05) is 12.7 Å². The smallest absolute Gasteiger partial charge is 0.195 e. The van der Waals surface area contributed by atoms with E-state index in [-0.39, 0.29) is 0 Å². The van der Waals surface area contributed by atoms with Crippen LogP contribution in [0.3, 0.4) is 0 Å². The summed E-state index contributed by atoms with van der Waals surface area (Å²) in [4.78, 5) is 6.48. The van der Waals surface area contributed by atoms with Crippen LogP contribution >= 0.6 is 0 Å². The molecule has 0 aromatic heterocycles. The molecule has 1 fully saturated rings. The third kappa shape index (κ3) is 3.47. The summed E-state index contributed by atoms with van der Waals surface area (Å²) in [6.07, 6.45) is 6.10. The number of aliphatic imine (C=N–C) groups is 1. The minimum atomic E-state index is 0.370. The van der Waals surface area contributed by atoms with E-state index in [1.165, 1.54) is 19.3 Å². The lowest BCUT2D eigenvalue weighted by Crippen LogP contribution is -2.35. The Morgan fingerprint density at radius 1 is 1.26 bits per heavy atom. The minimum Gasteiger partial charge on any atom is -0.370 e. The zero-order valence-electron chi connectivity index (χ0n) is 11.3. The van der Waals surface area contributed by atoms with Gasteiger partial charge in [0.1, 0.15) is 0 Å². The third-order valence-electron chi connectivity index (χ3n) is 3.62. The number of hydrogen-bond donors (Lipinski definition) is 1. The molecule has 1 aliphatic rings. The van der Waals surface area contributed by atoms with Crippen LogP contribution in [0.4, 0.5) is 5.69 Å². The van der Waals surface area contributed by atoms with Crippen LogP contribution in [0.5, 0.6) is 0 Å². The first-order valence-electron chi connectivity index (χ1n) is 6.78. The van der Waals surface area contributed by atoms with E-state index >= 15 is 0 Å². The highest BCUT2D eigenvalue weighted by Gasteiger charge is 2.14. The largest absolute Gasteiger partial charge is 0.370 e. The topological polar surface area (TPSA) is 65.4 Å². The zero-order chi connectivity index (χ0) is 13.7. The van der Waals surface area contributed by atoms with Crippen LogP contribution in [0.2, 0.25) is 0 Å². The second-order valence-electron chi connectivity index (χ2n) is 5.00. The Morgan fingerprint density at radius 2 is 1.89 bits per heavy atom. The van der Waals surface area contributed by atoms with E-state index in [2.05, 4.69) is 11.1 Å². The summed E-state index contributed by atoms with van der Waals surface area (Å²) in [5, 5.41) is 8.78. The van der Waals surface area contributed by atoms with Crippen LogP contribution in [0.1, 0.15) is 37.7 Å². The number of benzene rings is 1. The molecule has 0 atom stereocenters. The molecule has 0 heterocycles. The molecule has 4 heteroatoms. The number of hydrogen-bond acceptors (Lipinski definition) is 2. The van der Waals surface area contributed by atoms with Crippen LogP contribution in [0.25, 0.3) is 0 Å². The fourth-order valence-corrected chi connectivity index (χ4v) is 2.38. The predicted molar refractivity (Wildman–Crippen MR) is 78.1 cm³/mol. The van der Waals surface area contributed by atoms with Crippen LogP contribution < -0.4 is 10.6 Å². The first kappa shape index (κ1) is 13.4. The Labute approximate surface area is 114 Å². The summed E-state index contributed by atoms with van der Waals surface area (Å²) in [5.74, 6) is 0.552. The van der Waals surface area contributed by atoms with Gasteiger partial charge < -0.3 is 10.6 Å². The van der Waals surface area contributed by atoms with Crippen molar-refractivity contribution in [1.29, 1.82) is 5.26 Å².